The molecule has 1 fully saturated rings. The number of benzene rings is 1. The zero-order valence-electron chi connectivity index (χ0n) is 9.21. The number of aromatic nitrogens is 1. The van der Waals surface area contributed by atoms with Crippen molar-refractivity contribution in [2.75, 3.05) is 0 Å². The number of carbonyl (C=O) groups is 2. The van der Waals surface area contributed by atoms with E-state index in [0.717, 1.165) is 22.7 Å². The molecule has 0 radical (unpaired) electrons. The number of nitrogens with zero attached hydrogens (tertiary/aromatic N) is 1. The molecular weight excluding hydrogens is 248 g/mol. The average Bonchev–Trinajstić information content (AvgIpc) is 2.68. The largest absolute Gasteiger partial charge is 0.290 e. The monoisotopic (exact) mass is 256 g/mol. The van der Waals surface area contributed by atoms with Crippen molar-refractivity contribution in [1.82, 2.24) is 10.3 Å². The maximum atomic E-state index is 11.4. The number of imide groups is 1. The van der Waals surface area contributed by atoms with Crippen LogP contribution in [0.3, 0.4) is 0 Å². The number of para-hydroxylation sites is 1. The fraction of sp³-hybridized carbons (Fsp3) is 0. The molecule has 18 heavy (non-hydrogen) atoms. The molecule has 1 saturated heterocycles. The van der Waals surface area contributed by atoms with Crippen LogP contribution in [0.5, 0.6) is 0 Å². The van der Waals surface area contributed by atoms with Gasteiger partial charge in [0.25, 0.3) is 11.1 Å². The molecule has 1 aliphatic rings. The third-order valence-corrected chi connectivity index (χ3v) is 3.35. The van der Waals surface area contributed by atoms with Gasteiger partial charge in [-0.1, -0.05) is 24.3 Å². The summed E-state index contributed by atoms with van der Waals surface area (Å²) in [7, 11) is 0. The Morgan fingerprint density at radius 2 is 1.94 bits per heavy atom. The molecule has 4 nitrogen and oxygen atoms in total. The second kappa shape index (κ2) is 4.27. The van der Waals surface area contributed by atoms with E-state index in [4.69, 9.17) is 0 Å². The first-order valence-corrected chi connectivity index (χ1v) is 6.15. The number of hydrogen-bond donors (Lipinski definition) is 1. The second-order valence-electron chi connectivity index (χ2n) is 3.78. The maximum Gasteiger partial charge on any atom is 0.290 e. The van der Waals surface area contributed by atoms with Crippen molar-refractivity contribution in [1.29, 1.82) is 0 Å². The first kappa shape index (κ1) is 11.0. The van der Waals surface area contributed by atoms with Crippen LogP contribution in [-0.4, -0.2) is 16.1 Å². The van der Waals surface area contributed by atoms with E-state index in [0.29, 0.717) is 10.6 Å². The van der Waals surface area contributed by atoms with Crippen molar-refractivity contribution in [3.8, 4) is 0 Å². The van der Waals surface area contributed by atoms with Crippen LogP contribution in [0.25, 0.3) is 17.0 Å². The Bertz CT molecular complexity index is 694. The summed E-state index contributed by atoms with van der Waals surface area (Å²) in [5, 5.41) is 2.91. The number of carbonyl (C=O) groups excluding carboxylic acids is 2. The normalized spacial score (nSPS) is 17.4. The number of amides is 2. The van der Waals surface area contributed by atoms with Gasteiger partial charge in [0.15, 0.2) is 0 Å². The number of fused-ring (bicyclic) bond motifs is 1. The molecule has 2 heterocycles. The van der Waals surface area contributed by atoms with Gasteiger partial charge in [-0.25, -0.2) is 4.98 Å². The van der Waals surface area contributed by atoms with Gasteiger partial charge in [0.1, 0.15) is 0 Å². The quantitative estimate of drug-likeness (QED) is 0.797. The summed E-state index contributed by atoms with van der Waals surface area (Å²) in [4.78, 5) is 27.2. The Hall–Kier alpha value is -2.14. The molecule has 1 aromatic carbocycles. The lowest BCUT2D eigenvalue weighted by Crippen LogP contribution is -2.17. The highest BCUT2D eigenvalue weighted by atomic mass is 32.2. The predicted octanol–water partition coefficient (Wildman–Crippen LogP) is 2.56. The lowest BCUT2D eigenvalue weighted by atomic mass is 10.2. The molecule has 0 atom stereocenters. The van der Waals surface area contributed by atoms with Crippen LogP contribution in [-0.2, 0) is 4.79 Å². The van der Waals surface area contributed by atoms with Gasteiger partial charge in [0, 0.05) is 5.39 Å². The Morgan fingerprint density at radius 3 is 2.72 bits per heavy atom. The Labute approximate surface area is 107 Å². The topological polar surface area (TPSA) is 59.1 Å². The number of pyridine rings is 1. The fourth-order valence-corrected chi connectivity index (χ4v) is 2.38. The fourth-order valence-electron chi connectivity index (χ4n) is 1.72. The number of hydrogen-bond acceptors (Lipinski definition) is 4. The van der Waals surface area contributed by atoms with Gasteiger partial charge in [-0.3, -0.25) is 14.9 Å². The molecule has 2 aromatic rings. The van der Waals surface area contributed by atoms with Gasteiger partial charge in [-0.15, -0.1) is 0 Å². The molecule has 3 rings (SSSR count). The van der Waals surface area contributed by atoms with E-state index >= 15 is 0 Å². The van der Waals surface area contributed by atoms with E-state index in [1.807, 2.05) is 36.4 Å². The van der Waals surface area contributed by atoms with Crippen molar-refractivity contribution in [3.05, 3.63) is 47.0 Å². The smallest absolute Gasteiger partial charge is 0.282 e. The maximum absolute atomic E-state index is 11.4. The first-order chi connectivity index (χ1) is 8.72. The predicted molar refractivity (Wildman–Crippen MR) is 70.8 cm³/mol. The number of rotatable bonds is 1. The SMILES string of the molecule is O=C1NC(=O)C(=Cc2ccc3ccccc3n2)S1. The van der Waals surface area contributed by atoms with Crippen LogP contribution >= 0.6 is 11.8 Å². The minimum Gasteiger partial charge on any atom is -0.282 e. The molecule has 1 aromatic heterocycles. The number of thioether (sulfide) groups is 1. The van der Waals surface area contributed by atoms with E-state index in [2.05, 4.69) is 10.3 Å². The Morgan fingerprint density at radius 1 is 1.11 bits per heavy atom. The van der Waals surface area contributed by atoms with Crippen LogP contribution in [0.2, 0.25) is 0 Å². The summed E-state index contributed by atoms with van der Waals surface area (Å²) in [5.74, 6) is -0.361. The van der Waals surface area contributed by atoms with Gasteiger partial charge in [0.05, 0.1) is 16.1 Å². The molecule has 1 N–H and O–H groups in total. The van der Waals surface area contributed by atoms with Crippen molar-refractivity contribution in [3.63, 3.8) is 0 Å². The van der Waals surface area contributed by atoms with E-state index in [9.17, 15) is 9.59 Å². The van der Waals surface area contributed by atoms with Crippen LogP contribution in [0.4, 0.5) is 4.79 Å². The summed E-state index contributed by atoms with van der Waals surface area (Å²) in [6.07, 6.45) is 1.62. The van der Waals surface area contributed by atoms with Gasteiger partial charge in [0.2, 0.25) is 0 Å². The highest BCUT2D eigenvalue weighted by molar-refractivity contribution is 8.18. The summed E-state index contributed by atoms with van der Waals surface area (Å²) >= 11 is 0.895. The highest BCUT2D eigenvalue weighted by Crippen LogP contribution is 2.25. The minimum absolute atomic E-state index is 0.341. The first-order valence-electron chi connectivity index (χ1n) is 5.33. The minimum atomic E-state index is -0.361. The standard InChI is InChI=1S/C13H8N2O2S/c16-12-11(18-13(17)15-12)7-9-6-5-8-3-1-2-4-10(8)14-9/h1-7H,(H,15,16,17). The van der Waals surface area contributed by atoms with Crippen molar-refractivity contribution < 1.29 is 9.59 Å². The Balaban J connectivity index is 2.02. The molecule has 88 valence electrons. The zero-order chi connectivity index (χ0) is 12.5. The van der Waals surface area contributed by atoms with Crippen LogP contribution in [0.1, 0.15) is 5.69 Å². The zero-order valence-corrected chi connectivity index (χ0v) is 10.0. The van der Waals surface area contributed by atoms with Crippen LogP contribution in [0, 0.1) is 0 Å². The van der Waals surface area contributed by atoms with Crippen molar-refractivity contribution >= 4 is 39.9 Å². The highest BCUT2D eigenvalue weighted by Gasteiger charge is 2.25. The molecule has 2 amide bonds. The van der Waals surface area contributed by atoms with E-state index in [1.54, 1.807) is 6.08 Å². The molecule has 1 aliphatic heterocycles. The van der Waals surface area contributed by atoms with Crippen LogP contribution < -0.4 is 5.32 Å². The van der Waals surface area contributed by atoms with Crippen molar-refractivity contribution in [2.24, 2.45) is 0 Å². The summed E-state index contributed by atoms with van der Waals surface area (Å²) in [6, 6.07) is 11.5. The van der Waals surface area contributed by atoms with E-state index in [-0.39, 0.29) is 11.1 Å². The molecule has 0 bridgehead atoms. The Kier molecular flexibility index (Phi) is 2.60. The lowest BCUT2D eigenvalue weighted by Gasteiger charge is -1.98. The second-order valence-corrected chi connectivity index (χ2v) is 4.80. The van der Waals surface area contributed by atoms with Gasteiger partial charge < -0.3 is 0 Å². The summed E-state index contributed by atoms with van der Waals surface area (Å²) in [5.41, 5.74) is 1.53. The third-order valence-electron chi connectivity index (χ3n) is 2.54. The lowest BCUT2D eigenvalue weighted by molar-refractivity contribution is -0.115. The van der Waals surface area contributed by atoms with Gasteiger partial charge >= 0.3 is 0 Å². The number of nitrogens with one attached hydrogen (secondary N) is 1. The molecule has 5 heteroatoms. The van der Waals surface area contributed by atoms with E-state index in [1.165, 1.54) is 0 Å². The van der Waals surface area contributed by atoms with Gasteiger partial charge in [-0.05, 0) is 30.0 Å². The average molecular weight is 256 g/mol. The van der Waals surface area contributed by atoms with Gasteiger partial charge in [-0.2, -0.15) is 0 Å². The molecule has 0 aliphatic carbocycles. The molecule has 0 unspecified atom stereocenters. The van der Waals surface area contributed by atoms with E-state index < -0.39 is 0 Å². The van der Waals surface area contributed by atoms with Crippen LogP contribution in [0.15, 0.2) is 41.3 Å². The summed E-state index contributed by atoms with van der Waals surface area (Å²) in [6.45, 7) is 0. The molecular formula is C13H8N2O2S. The molecule has 0 spiro atoms. The third kappa shape index (κ3) is 2.00. The van der Waals surface area contributed by atoms with Crippen molar-refractivity contribution in [2.45, 2.75) is 0 Å². The summed E-state index contributed by atoms with van der Waals surface area (Å²) < 4.78 is 0. The molecule has 0 saturated carbocycles.